The fraction of sp³-hybridized carbons (Fsp3) is 0.538. The predicted molar refractivity (Wildman–Crippen MR) is 63.7 cm³/mol. The number of aliphatic hydroxyl groups is 1. The molecular weight excluding hydrogens is 223 g/mol. The fourth-order valence-corrected chi connectivity index (χ4v) is 1.51. The number of hydrogen-bond acceptors (Lipinski definition) is 3. The molecule has 0 unspecified atom stereocenters. The zero-order valence-electron chi connectivity index (χ0n) is 9.86. The van der Waals surface area contributed by atoms with Crippen LogP contribution in [0.1, 0.15) is 32.1 Å². The Labute approximate surface area is 101 Å². The molecule has 1 aromatic rings. The van der Waals surface area contributed by atoms with Gasteiger partial charge in [0.1, 0.15) is 5.75 Å². The Morgan fingerprint density at radius 2 is 1.76 bits per heavy atom. The smallest absolute Gasteiger partial charge is 0.168 e. The number of halogens is 1. The normalized spacial score (nSPS) is 10.5. The SMILES string of the molecule is OCCCCCCCOc1ccc(O)c(F)c1. The highest BCUT2D eigenvalue weighted by atomic mass is 19.1. The summed E-state index contributed by atoms with van der Waals surface area (Å²) in [5.74, 6) is -0.581. The number of hydrogen-bond donors (Lipinski definition) is 2. The van der Waals surface area contributed by atoms with Gasteiger partial charge in [-0.1, -0.05) is 19.3 Å². The van der Waals surface area contributed by atoms with Crippen molar-refractivity contribution in [3.8, 4) is 11.5 Å². The highest BCUT2D eigenvalue weighted by Gasteiger charge is 2.01. The van der Waals surface area contributed by atoms with Gasteiger partial charge < -0.3 is 14.9 Å². The van der Waals surface area contributed by atoms with Crippen LogP contribution < -0.4 is 4.74 Å². The second kappa shape index (κ2) is 7.90. The fourth-order valence-electron chi connectivity index (χ4n) is 1.51. The van der Waals surface area contributed by atoms with Gasteiger partial charge in [-0.2, -0.15) is 0 Å². The third-order valence-corrected chi connectivity index (χ3v) is 2.49. The average molecular weight is 242 g/mol. The van der Waals surface area contributed by atoms with Crippen molar-refractivity contribution in [3.05, 3.63) is 24.0 Å². The molecule has 2 N–H and O–H groups in total. The molecule has 0 heterocycles. The summed E-state index contributed by atoms with van der Waals surface area (Å²) >= 11 is 0. The van der Waals surface area contributed by atoms with E-state index in [-0.39, 0.29) is 12.4 Å². The van der Waals surface area contributed by atoms with Crippen molar-refractivity contribution in [3.63, 3.8) is 0 Å². The largest absolute Gasteiger partial charge is 0.505 e. The van der Waals surface area contributed by atoms with Gasteiger partial charge in [-0.05, 0) is 25.0 Å². The van der Waals surface area contributed by atoms with Crippen molar-refractivity contribution in [1.29, 1.82) is 0 Å². The molecule has 0 saturated carbocycles. The van der Waals surface area contributed by atoms with Crippen LogP contribution in [0.15, 0.2) is 18.2 Å². The van der Waals surface area contributed by atoms with Crippen molar-refractivity contribution in [2.24, 2.45) is 0 Å². The van der Waals surface area contributed by atoms with E-state index in [1.54, 1.807) is 6.07 Å². The van der Waals surface area contributed by atoms with Crippen LogP contribution in [0.5, 0.6) is 11.5 Å². The van der Waals surface area contributed by atoms with Crippen LogP contribution in [0.3, 0.4) is 0 Å². The lowest BCUT2D eigenvalue weighted by Crippen LogP contribution is -1.97. The van der Waals surface area contributed by atoms with Gasteiger partial charge in [0.15, 0.2) is 11.6 Å². The second-order valence-corrected chi connectivity index (χ2v) is 3.95. The molecule has 0 spiro atoms. The van der Waals surface area contributed by atoms with Crippen LogP contribution in [-0.2, 0) is 0 Å². The molecule has 1 aromatic carbocycles. The number of ether oxygens (including phenoxy) is 1. The molecule has 3 nitrogen and oxygen atoms in total. The minimum atomic E-state index is -0.662. The Morgan fingerprint density at radius 3 is 2.47 bits per heavy atom. The highest BCUT2D eigenvalue weighted by molar-refractivity contribution is 5.31. The van der Waals surface area contributed by atoms with Crippen LogP contribution >= 0.6 is 0 Å². The van der Waals surface area contributed by atoms with Gasteiger partial charge in [0.2, 0.25) is 0 Å². The molecule has 17 heavy (non-hydrogen) atoms. The molecule has 96 valence electrons. The van der Waals surface area contributed by atoms with E-state index >= 15 is 0 Å². The first-order valence-corrected chi connectivity index (χ1v) is 5.96. The zero-order valence-corrected chi connectivity index (χ0v) is 9.86. The Hall–Kier alpha value is -1.29. The summed E-state index contributed by atoms with van der Waals surface area (Å²) in [4.78, 5) is 0. The molecule has 0 aromatic heterocycles. The molecule has 4 heteroatoms. The van der Waals surface area contributed by atoms with Gasteiger partial charge in [0.05, 0.1) is 6.61 Å². The quantitative estimate of drug-likeness (QED) is 0.689. The van der Waals surface area contributed by atoms with E-state index in [0.29, 0.717) is 12.4 Å². The van der Waals surface area contributed by atoms with Gasteiger partial charge in [0, 0.05) is 12.7 Å². The molecule has 0 aliphatic carbocycles. The maximum absolute atomic E-state index is 12.9. The van der Waals surface area contributed by atoms with Crippen molar-refractivity contribution < 1.29 is 19.3 Å². The average Bonchev–Trinajstić information content (AvgIpc) is 2.32. The highest BCUT2D eigenvalue weighted by Crippen LogP contribution is 2.21. The molecule has 0 aliphatic heterocycles. The lowest BCUT2D eigenvalue weighted by Gasteiger charge is -2.06. The van der Waals surface area contributed by atoms with E-state index in [9.17, 15) is 4.39 Å². The molecule has 1 rings (SSSR count). The number of rotatable bonds is 8. The standard InChI is InChI=1S/C13H19FO3/c14-12-10-11(6-7-13(12)16)17-9-5-3-1-2-4-8-15/h6-7,10,15-16H,1-5,8-9H2. The maximum Gasteiger partial charge on any atom is 0.168 e. The third kappa shape index (κ3) is 5.54. The minimum Gasteiger partial charge on any atom is -0.505 e. The predicted octanol–water partition coefficient (Wildman–Crippen LogP) is 2.85. The monoisotopic (exact) mass is 242 g/mol. The second-order valence-electron chi connectivity index (χ2n) is 3.95. The summed E-state index contributed by atoms with van der Waals surface area (Å²) in [6.07, 6.45) is 4.91. The Morgan fingerprint density at radius 1 is 1.06 bits per heavy atom. The first-order valence-electron chi connectivity index (χ1n) is 5.96. The summed E-state index contributed by atoms with van der Waals surface area (Å²) in [5.41, 5.74) is 0. The van der Waals surface area contributed by atoms with Crippen molar-refractivity contribution in [2.75, 3.05) is 13.2 Å². The van der Waals surface area contributed by atoms with E-state index in [1.165, 1.54) is 12.1 Å². The molecule has 0 amide bonds. The summed E-state index contributed by atoms with van der Waals surface area (Å²) in [6, 6.07) is 4.01. The van der Waals surface area contributed by atoms with E-state index in [4.69, 9.17) is 14.9 Å². The van der Waals surface area contributed by atoms with Crippen LogP contribution in [0.25, 0.3) is 0 Å². The zero-order chi connectivity index (χ0) is 12.5. The number of unbranched alkanes of at least 4 members (excludes halogenated alkanes) is 4. The topological polar surface area (TPSA) is 49.7 Å². The number of phenolic OH excluding ortho intramolecular Hbond substituents is 1. The Balaban J connectivity index is 2.11. The van der Waals surface area contributed by atoms with E-state index in [0.717, 1.165) is 32.1 Å². The number of aliphatic hydroxyl groups excluding tert-OH is 1. The first kappa shape index (κ1) is 13.8. The van der Waals surface area contributed by atoms with Crippen LogP contribution in [-0.4, -0.2) is 23.4 Å². The van der Waals surface area contributed by atoms with Crippen LogP contribution in [0.4, 0.5) is 4.39 Å². The van der Waals surface area contributed by atoms with Crippen LogP contribution in [0, 0.1) is 5.82 Å². The Kier molecular flexibility index (Phi) is 6.40. The molecule has 0 radical (unpaired) electrons. The van der Waals surface area contributed by atoms with Crippen LogP contribution in [0.2, 0.25) is 0 Å². The van der Waals surface area contributed by atoms with Crippen molar-refractivity contribution in [1.82, 2.24) is 0 Å². The molecular formula is C13H19FO3. The number of benzene rings is 1. The lowest BCUT2D eigenvalue weighted by atomic mass is 10.1. The number of phenols is 1. The van der Waals surface area contributed by atoms with Gasteiger partial charge >= 0.3 is 0 Å². The van der Waals surface area contributed by atoms with Gasteiger partial charge in [0.25, 0.3) is 0 Å². The lowest BCUT2D eigenvalue weighted by molar-refractivity contribution is 0.278. The summed E-state index contributed by atoms with van der Waals surface area (Å²) in [5, 5.41) is 17.6. The molecule has 0 fully saturated rings. The Bertz CT molecular complexity index is 328. The maximum atomic E-state index is 12.9. The molecule has 0 bridgehead atoms. The van der Waals surface area contributed by atoms with Crippen molar-refractivity contribution in [2.45, 2.75) is 32.1 Å². The van der Waals surface area contributed by atoms with Gasteiger partial charge in [-0.15, -0.1) is 0 Å². The summed E-state index contributed by atoms with van der Waals surface area (Å²) < 4.78 is 18.3. The van der Waals surface area contributed by atoms with E-state index in [2.05, 4.69) is 0 Å². The van der Waals surface area contributed by atoms with Gasteiger partial charge in [-0.3, -0.25) is 0 Å². The van der Waals surface area contributed by atoms with Crippen molar-refractivity contribution >= 4 is 0 Å². The minimum absolute atomic E-state index is 0.253. The molecule has 0 aliphatic rings. The molecule has 0 saturated heterocycles. The summed E-state index contributed by atoms with van der Waals surface area (Å²) in [6.45, 7) is 0.798. The third-order valence-electron chi connectivity index (χ3n) is 2.49. The van der Waals surface area contributed by atoms with Gasteiger partial charge in [-0.25, -0.2) is 4.39 Å². The van der Waals surface area contributed by atoms with E-state index in [1.807, 2.05) is 0 Å². The summed E-state index contributed by atoms with van der Waals surface area (Å²) in [7, 11) is 0. The first-order chi connectivity index (χ1) is 8.24. The van der Waals surface area contributed by atoms with E-state index < -0.39 is 5.82 Å². The molecule has 0 atom stereocenters. The number of aromatic hydroxyl groups is 1.